The molecule has 12 heteroatoms. The van der Waals surface area contributed by atoms with Gasteiger partial charge in [0.2, 0.25) is 17.7 Å². The summed E-state index contributed by atoms with van der Waals surface area (Å²) in [5, 5.41) is 17.5. The third-order valence-corrected chi connectivity index (χ3v) is 5.23. The Labute approximate surface area is 188 Å². The van der Waals surface area contributed by atoms with Crippen molar-refractivity contribution in [3.63, 3.8) is 0 Å². The number of rotatable bonds is 7. The molecule has 1 fully saturated rings. The van der Waals surface area contributed by atoms with E-state index >= 15 is 0 Å². The number of nitrogens with one attached hydrogen (secondary N) is 1. The highest BCUT2D eigenvalue weighted by molar-refractivity contribution is 6.32. The Bertz CT molecular complexity index is 1120. The van der Waals surface area contributed by atoms with E-state index in [0.717, 1.165) is 0 Å². The number of amides is 1. The van der Waals surface area contributed by atoms with Crippen LogP contribution in [0.4, 0.5) is 16.6 Å². The van der Waals surface area contributed by atoms with E-state index in [9.17, 15) is 9.90 Å². The number of hydrogen-bond acceptors (Lipinski definition) is 10. The van der Waals surface area contributed by atoms with Crippen LogP contribution in [-0.4, -0.2) is 57.2 Å². The van der Waals surface area contributed by atoms with Crippen LogP contribution in [0.3, 0.4) is 0 Å². The van der Waals surface area contributed by atoms with E-state index in [4.69, 9.17) is 25.6 Å². The van der Waals surface area contributed by atoms with Crippen LogP contribution >= 0.6 is 11.6 Å². The van der Waals surface area contributed by atoms with Crippen molar-refractivity contribution in [2.45, 2.75) is 32.0 Å². The van der Waals surface area contributed by atoms with Gasteiger partial charge in [0.15, 0.2) is 0 Å². The Kier molecular flexibility index (Phi) is 6.10. The van der Waals surface area contributed by atoms with Crippen molar-refractivity contribution >= 4 is 29.5 Å². The number of aliphatic hydroxyl groups excluding tert-OH is 1. The number of anilines is 2. The SMILES string of the molecule is COc1cc(-c2noc([C@H](C)Nc3nccc(N4C(=O)OCC4[C@@H](C)O)n3)n2)ccc1Cl. The average Bonchev–Trinajstić information content (AvgIpc) is 3.41. The summed E-state index contributed by atoms with van der Waals surface area (Å²) in [7, 11) is 1.53. The Morgan fingerprint density at radius 3 is 2.88 bits per heavy atom. The van der Waals surface area contributed by atoms with E-state index in [-0.39, 0.29) is 12.6 Å². The minimum atomic E-state index is -0.782. The highest BCUT2D eigenvalue weighted by Crippen LogP contribution is 2.30. The number of carbonyl (C=O) groups excluding carboxylic acids is 1. The van der Waals surface area contributed by atoms with Crippen molar-refractivity contribution in [3.05, 3.63) is 41.4 Å². The molecule has 11 nitrogen and oxygen atoms in total. The molecular formula is C20H21ClN6O5. The second-order valence-electron chi connectivity index (χ2n) is 7.16. The van der Waals surface area contributed by atoms with Gasteiger partial charge in [0, 0.05) is 11.8 Å². The number of ether oxygens (including phenoxy) is 2. The van der Waals surface area contributed by atoms with Gasteiger partial charge in [-0.25, -0.2) is 9.78 Å². The summed E-state index contributed by atoms with van der Waals surface area (Å²) >= 11 is 6.07. The predicted octanol–water partition coefficient (Wildman–Crippen LogP) is 3.07. The first-order valence-electron chi connectivity index (χ1n) is 9.78. The highest BCUT2D eigenvalue weighted by atomic mass is 35.5. The molecule has 3 atom stereocenters. The lowest BCUT2D eigenvalue weighted by molar-refractivity contribution is 0.142. The predicted molar refractivity (Wildman–Crippen MR) is 115 cm³/mol. The number of aliphatic hydroxyl groups is 1. The van der Waals surface area contributed by atoms with Crippen LogP contribution in [0.15, 0.2) is 35.0 Å². The summed E-state index contributed by atoms with van der Waals surface area (Å²) in [6.45, 7) is 3.48. The van der Waals surface area contributed by atoms with Crippen molar-refractivity contribution in [2.75, 3.05) is 23.9 Å². The fraction of sp³-hybridized carbons (Fsp3) is 0.350. The van der Waals surface area contributed by atoms with Crippen molar-refractivity contribution < 1.29 is 23.9 Å². The first kappa shape index (κ1) is 21.8. The van der Waals surface area contributed by atoms with Crippen LogP contribution in [0, 0.1) is 0 Å². The number of hydrogen-bond donors (Lipinski definition) is 2. The van der Waals surface area contributed by atoms with Crippen molar-refractivity contribution in [2.24, 2.45) is 0 Å². The first-order chi connectivity index (χ1) is 15.4. The summed E-state index contributed by atoms with van der Waals surface area (Å²) in [6, 6.07) is 5.77. The van der Waals surface area contributed by atoms with Gasteiger partial charge in [0.1, 0.15) is 30.3 Å². The average molecular weight is 461 g/mol. The molecule has 1 aromatic carbocycles. The number of aromatic nitrogens is 4. The fourth-order valence-corrected chi connectivity index (χ4v) is 3.38. The van der Waals surface area contributed by atoms with E-state index in [1.54, 1.807) is 38.1 Å². The molecule has 0 saturated carbocycles. The van der Waals surface area contributed by atoms with Gasteiger partial charge in [-0.2, -0.15) is 9.97 Å². The number of benzene rings is 1. The molecule has 4 rings (SSSR count). The Hall–Kier alpha value is -3.44. The second-order valence-corrected chi connectivity index (χ2v) is 7.57. The smallest absolute Gasteiger partial charge is 0.416 e. The molecule has 168 valence electrons. The molecule has 0 radical (unpaired) electrons. The molecule has 1 unspecified atom stereocenters. The Morgan fingerprint density at radius 2 is 2.12 bits per heavy atom. The van der Waals surface area contributed by atoms with Gasteiger partial charge in [-0.15, -0.1) is 0 Å². The zero-order valence-corrected chi connectivity index (χ0v) is 18.3. The molecule has 32 heavy (non-hydrogen) atoms. The van der Waals surface area contributed by atoms with Crippen LogP contribution in [0.25, 0.3) is 11.4 Å². The van der Waals surface area contributed by atoms with Gasteiger partial charge >= 0.3 is 6.09 Å². The van der Waals surface area contributed by atoms with Crippen LogP contribution < -0.4 is 15.0 Å². The van der Waals surface area contributed by atoms with Crippen LogP contribution in [0.1, 0.15) is 25.8 Å². The molecule has 0 spiro atoms. The van der Waals surface area contributed by atoms with Crippen molar-refractivity contribution in [1.82, 2.24) is 20.1 Å². The van der Waals surface area contributed by atoms with E-state index in [2.05, 4.69) is 25.4 Å². The maximum atomic E-state index is 12.1. The third kappa shape index (κ3) is 4.30. The van der Waals surface area contributed by atoms with Crippen molar-refractivity contribution in [1.29, 1.82) is 0 Å². The lowest BCUT2D eigenvalue weighted by Crippen LogP contribution is -2.41. The largest absolute Gasteiger partial charge is 0.495 e. The molecule has 1 aliphatic heterocycles. The standard InChI is InChI=1S/C20H21ClN6O5/c1-10(18-25-17(26-32-18)12-4-5-13(21)15(8-12)30-3)23-19-22-7-6-16(24-19)27-14(11(2)28)9-31-20(27)29/h4-8,10-11,14,28H,9H2,1-3H3,(H,22,23,24)/t10-,11+,14?/m0/s1. The molecule has 3 aromatic rings. The Balaban J connectivity index is 1.51. The van der Waals surface area contributed by atoms with Gasteiger partial charge < -0.3 is 24.4 Å². The molecule has 0 bridgehead atoms. The van der Waals surface area contributed by atoms with Crippen LogP contribution in [0.5, 0.6) is 5.75 Å². The summed E-state index contributed by atoms with van der Waals surface area (Å²) in [5.74, 6) is 1.74. The van der Waals surface area contributed by atoms with Gasteiger partial charge in [-0.1, -0.05) is 16.8 Å². The summed E-state index contributed by atoms with van der Waals surface area (Å²) in [4.78, 5) is 26.4. The van der Waals surface area contributed by atoms with Gasteiger partial charge in [-0.05, 0) is 38.1 Å². The lowest BCUT2D eigenvalue weighted by Gasteiger charge is -2.22. The molecule has 1 amide bonds. The molecule has 3 heterocycles. The van der Waals surface area contributed by atoms with Gasteiger partial charge in [-0.3, -0.25) is 4.90 Å². The number of cyclic esters (lactones) is 1. The number of nitrogens with zero attached hydrogens (tertiary/aromatic N) is 5. The lowest BCUT2D eigenvalue weighted by atomic mass is 10.2. The van der Waals surface area contributed by atoms with Crippen LogP contribution in [-0.2, 0) is 4.74 Å². The number of halogens is 1. The van der Waals surface area contributed by atoms with E-state index in [1.165, 1.54) is 18.2 Å². The maximum absolute atomic E-state index is 12.1. The molecule has 0 aliphatic carbocycles. The zero-order chi connectivity index (χ0) is 22.8. The number of carbonyl (C=O) groups is 1. The van der Waals surface area contributed by atoms with Crippen LogP contribution in [0.2, 0.25) is 5.02 Å². The summed E-state index contributed by atoms with van der Waals surface area (Å²) in [6.07, 6.45) is 0.144. The molecule has 1 saturated heterocycles. The molecular weight excluding hydrogens is 440 g/mol. The quantitative estimate of drug-likeness (QED) is 0.541. The topological polar surface area (TPSA) is 136 Å². The molecule has 2 aromatic heterocycles. The summed E-state index contributed by atoms with van der Waals surface area (Å²) < 4.78 is 15.7. The monoisotopic (exact) mass is 460 g/mol. The second kappa shape index (κ2) is 8.97. The van der Waals surface area contributed by atoms with Crippen molar-refractivity contribution in [3.8, 4) is 17.1 Å². The summed E-state index contributed by atoms with van der Waals surface area (Å²) in [5.41, 5.74) is 0.684. The van der Waals surface area contributed by atoms with E-state index < -0.39 is 24.3 Å². The number of methoxy groups -OCH3 is 1. The Morgan fingerprint density at radius 1 is 1.31 bits per heavy atom. The fourth-order valence-electron chi connectivity index (χ4n) is 3.19. The van der Waals surface area contributed by atoms with Gasteiger partial charge in [0.25, 0.3) is 0 Å². The third-order valence-electron chi connectivity index (χ3n) is 4.92. The highest BCUT2D eigenvalue weighted by Gasteiger charge is 2.38. The molecule has 1 aliphatic rings. The van der Waals surface area contributed by atoms with Gasteiger partial charge in [0.05, 0.1) is 18.2 Å². The molecule has 2 N–H and O–H groups in total. The normalized spacial score (nSPS) is 17.7. The minimum absolute atomic E-state index is 0.0832. The van der Waals surface area contributed by atoms with E-state index in [1.807, 2.05) is 0 Å². The first-order valence-corrected chi connectivity index (χ1v) is 10.2. The maximum Gasteiger partial charge on any atom is 0.416 e. The zero-order valence-electron chi connectivity index (χ0n) is 17.5. The van der Waals surface area contributed by atoms with E-state index in [0.29, 0.717) is 33.9 Å². The minimum Gasteiger partial charge on any atom is -0.495 e.